The van der Waals surface area contributed by atoms with Crippen molar-refractivity contribution in [3.05, 3.63) is 32.7 Å². The molecule has 0 bridgehead atoms. The molecule has 1 aromatic rings. The minimum absolute atomic E-state index is 0.143. The third-order valence-corrected chi connectivity index (χ3v) is 3.26. The first-order valence-corrected chi connectivity index (χ1v) is 6.04. The number of aliphatic hydroxyl groups excluding tert-OH is 1. The van der Waals surface area contributed by atoms with Crippen molar-refractivity contribution in [1.29, 1.82) is 0 Å². The van der Waals surface area contributed by atoms with Gasteiger partial charge in [0.15, 0.2) is 0 Å². The second-order valence-electron chi connectivity index (χ2n) is 4.43. The van der Waals surface area contributed by atoms with E-state index in [1.165, 1.54) is 0 Å². The summed E-state index contributed by atoms with van der Waals surface area (Å²) in [7, 11) is 0. The SMILES string of the molecule is CC(C)(C)C(O)c1ccc(Br)cc1Br. The maximum atomic E-state index is 10.1. The Morgan fingerprint density at radius 3 is 2.21 bits per heavy atom. The Kier molecular flexibility index (Phi) is 3.78. The van der Waals surface area contributed by atoms with E-state index >= 15 is 0 Å². The second-order valence-corrected chi connectivity index (χ2v) is 6.20. The third kappa shape index (κ3) is 2.81. The monoisotopic (exact) mass is 320 g/mol. The Morgan fingerprint density at radius 2 is 1.79 bits per heavy atom. The van der Waals surface area contributed by atoms with E-state index in [0.29, 0.717) is 0 Å². The Hall–Kier alpha value is 0.140. The minimum Gasteiger partial charge on any atom is -0.388 e. The zero-order chi connectivity index (χ0) is 10.9. The van der Waals surface area contributed by atoms with E-state index in [1.807, 2.05) is 39.0 Å². The summed E-state index contributed by atoms with van der Waals surface area (Å²) >= 11 is 6.83. The number of hydrogen-bond donors (Lipinski definition) is 1. The van der Waals surface area contributed by atoms with Gasteiger partial charge in [0.05, 0.1) is 6.10 Å². The fraction of sp³-hybridized carbons (Fsp3) is 0.455. The van der Waals surface area contributed by atoms with Gasteiger partial charge in [0.25, 0.3) is 0 Å². The molecule has 3 heteroatoms. The van der Waals surface area contributed by atoms with E-state index in [1.54, 1.807) is 0 Å². The molecule has 0 aliphatic rings. The van der Waals surface area contributed by atoms with Gasteiger partial charge < -0.3 is 5.11 Å². The van der Waals surface area contributed by atoms with E-state index in [-0.39, 0.29) is 5.41 Å². The van der Waals surface area contributed by atoms with E-state index < -0.39 is 6.10 Å². The molecule has 1 nitrogen and oxygen atoms in total. The lowest BCUT2D eigenvalue weighted by molar-refractivity contribution is 0.0620. The van der Waals surface area contributed by atoms with Gasteiger partial charge in [-0.15, -0.1) is 0 Å². The number of hydrogen-bond acceptors (Lipinski definition) is 1. The molecule has 1 rings (SSSR count). The van der Waals surface area contributed by atoms with Gasteiger partial charge in [0.1, 0.15) is 0 Å². The zero-order valence-electron chi connectivity index (χ0n) is 8.51. The Labute approximate surface area is 102 Å². The van der Waals surface area contributed by atoms with Gasteiger partial charge in [-0.1, -0.05) is 58.7 Å². The highest BCUT2D eigenvalue weighted by molar-refractivity contribution is 9.11. The minimum atomic E-state index is -0.454. The number of rotatable bonds is 1. The van der Waals surface area contributed by atoms with E-state index in [4.69, 9.17) is 0 Å². The van der Waals surface area contributed by atoms with Crippen LogP contribution >= 0.6 is 31.9 Å². The van der Waals surface area contributed by atoms with Crippen molar-refractivity contribution in [3.8, 4) is 0 Å². The molecule has 1 aromatic carbocycles. The van der Waals surface area contributed by atoms with Gasteiger partial charge in [0.2, 0.25) is 0 Å². The van der Waals surface area contributed by atoms with Crippen LogP contribution in [0.5, 0.6) is 0 Å². The molecular weight excluding hydrogens is 308 g/mol. The van der Waals surface area contributed by atoms with Gasteiger partial charge in [-0.25, -0.2) is 0 Å². The predicted octanol–water partition coefficient (Wildman–Crippen LogP) is 4.29. The topological polar surface area (TPSA) is 20.2 Å². The molecule has 0 aromatic heterocycles. The van der Waals surface area contributed by atoms with Crippen LogP contribution in [-0.2, 0) is 0 Å². The lowest BCUT2D eigenvalue weighted by atomic mass is 9.85. The molecule has 0 aliphatic heterocycles. The van der Waals surface area contributed by atoms with E-state index in [0.717, 1.165) is 14.5 Å². The number of aliphatic hydroxyl groups is 1. The van der Waals surface area contributed by atoms with Crippen LogP contribution in [0, 0.1) is 5.41 Å². The summed E-state index contributed by atoms with van der Waals surface area (Å²) in [4.78, 5) is 0. The molecule has 0 heterocycles. The highest BCUT2D eigenvalue weighted by Crippen LogP contribution is 2.37. The van der Waals surface area contributed by atoms with Crippen LogP contribution in [-0.4, -0.2) is 5.11 Å². The van der Waals surface area contributed by atoms with Crippen LogP contribution < -0.4 is 0 Å². The van der Waals surface area contributed by atoms with Crippen molar-refractivity contribution < 1.29 is 5.11 Å². The molecular formula is C11H14Br2O. The van der Waals surface area contributed by atoms with Crippen LogP contribution in [0.25, 0.3) is 0 Å². The molecule has 78 valence electrons. The lowest BCUT2D eigenvalue weighted by Crippen LogP contribution is -2.18. The third-order valence-electron chi connectivity index (χ3n) is 2.08. The maximum Gasteiger partial charge on any atom is 0.0849 e. The van der Waals surface area contributed by atoms with Crippen molar-refractivity contribution >= 4 is 31.9 Å². The molecule has 0 fully saturated rings. The predicted molar refractivity (Wildman–Crippen MR) is 66.3 cm³/mol. The van der Waals surface area contributed by atoms with Crippen molar-refractivity contribution in [3.63, 3.8) is 0 Å². The first kappa shape index (κ1) is 12.2. The van der Waals surface area contributed by atoms with Gasteiger partial charge in [-0.3, -0.25) is 0 Å². The van der Waals surface area contributed by atoms with Crippen LogP contribution in [0.15, 0.2) is 27.1 Å². The molecule has 14 heavy (non-hydrogen) atoms. The molecule has 1 N–H and O–H groups in total. The van der Waals surface area contributed by atoms with E-state index in [2.05, 4.69) is 31.9 Å². The Morgan fingerprint density at radius 1 is 1.21 bits per heavy atom. The van der Waals surface area contributed by atoms with Crippen LogP contribution in [0.2, 0.25) is 0 Å². The highest BCUT2D eigenvalue weighted by Gasteiger charge is 2.25. The smallest absolute Gasteiger partial charge is 0.0849 e. The van der Waals surface area contributed by atoms with Gasteiger partial charge >= 0.3 is 0 Å². The van der Waals surface area contributed by atoms with Crippen molar-refractivity contribution in [2.24, 2.45) is 5.41 Å². The molecule has 1 unspecified atom stereocenters. The largest absolute Gasteiger partial charge is 0.388 e. The van der Waals surface area contributed by atoms with Crippen LogP contribution in [0.1, 0.15) is 32.4 Å². The average Bonchev–Trinajstić information content (AvgIpc) is 2.01. The quantitative estimate of drug-likeness (QED) is 0.818. The van der Waals surface area contributed by atoms with Gasteiger partial charge in [0, 0.05) is 8.95 Å². The normalized spacial score (nSPS) is 14.1. The molecule has 1 atom stereocenters. The fourth-order valence-corrected chi connectivity index (χ4v) is 2.45. The number of benzene rings is 1. The summed E-state index contributed by atoms with van der Waals surface area (Å²) in [6, 6.07) is 5.82. The molecule has 0 spiro atoms. The second kappa shape index (κ2) is 4.33. The molecule has 0 saturated carbocycles. The van der Waals surface area contributed by atoms with Crippen LogP contribution in [0.3, 0.4) is 0 Å². The summed E-state index contributed by atoms with van der Waals surface area (Å²) < 4.78 is 1.95. The zero-order valence-corrected chi connectivity index (χ0v) is 11.7. The molecule has 0 saturated heterocycles. The van der Waals surface area contributed by atoms with Gasteiger partial charge in [-0.05, 0) is 23.1 Å². The highest BCUT2D eigenvalue weighted by atomic mass is 79.9. The van der Waals surface area contributed by atoms with Crippen LogP contribution in [0.4, 0.5) is 0 Å². The van der Waals surface area contributed by atoms with Gasteiger partial charge in [-0.2, -0.15) is 0 Å². The summed E-state index contributed by atoms with van der Waals surface area (Å²) in [6.45, 7) is 6.06. The van der Waals surface area contributed by atoms with E-state index in [9.17, 15) is 5.11 Å². The van der Waals surface area contributed by atoms with Crippen molar-refractivity contribution in [1.82, 2.24) is 0 Å². The Bertz CT molecular complexity index is 329. The summed E-state index contributed by atoms with van der Waals surface area (Å²) in [5.41, 5.74) is 0.789. The first-order valence-electron chi connectivity index (χ1n) is 4.45. The van der Waals surface area contributed by atoms with Crippen molar-refractivity contribution in [2.75, 3.05) is 0 Å². The number of halogens is 2. The summed E-state index contributed by atoms with van der Waals surface area (Å²) in [5, 5.41) is 10.1. The summed E-state index contributed by atoms with van der Waals surface area (Å²) in [5.74, 6) is 0. The molecule has 0 amide bonds. The molecule has 0 radical (unpaired) electrons. The Balaban J connectivity index is 3.08. The molecule has 0 aliphatic carbocycles. The maximum absolute atomic E-state index is 10.1. The van der Waals surface area contributed by atoms with Crippen molar-refractivity contribution in [2.45, 2.75) is 26.9 Å². The first-order chi connectivity index (χ1) is 6.32. The standard InChI is InChI=1S/C11H14Br2O/c1-11(2,3)10(14)8-5-4-7(12)6-9(8)13/h4-6,10,14H,1-3H3. The summed E-state index contributed by atoms with van der Waals surface area (Å²) in [6.07, 6.45) is -0.454. The average molecular weight is 322 g/mol. The fourth-order valence-electron chi connectivity index (χ4n) is 1.19. The lowest BCUT2D eigenvalue weighted by Gasteiger charge is -2.27.